The minimum absolute atomic E-state index is 0.0703. The number of rotatable bonds is 4. The van der Waals surface area contributed by atoms with Gasteiger partial charge in [0, 0.05) is 17.1 Å². The van der Waals surface area contributed by atoms with E-state index in [9.17, 15) is 19.7 Å². The Kier molecular flexibility index (Phi) is 4.62. The molecule has 0 aliphatic heterocycles. The van der Waals surface area contributed by atoms with Gasteiger partial charge in [-0.1, -0.05) is 29.8 Å². The molecule has 3 aromatic rings. The number of carboxylic acids is 1. The fourth-order valence-electron chi connectivity index (χ4n) is 2.55. The first-order chi connectivity index (χ1) is 12.3. The summed E-state index contributed by atoms with van der Waals surface area (Å²) in [6.45, 7) is 1.58. The van der Waals surface area contributed by atoms with E-state index in [1.54, 1.807) is 19.1 Å². The summed E-state index contributed by atoms with van der Waals surface area (Å²) < 4.78 is 0.309. The Labute approximate surface area is 156 Å². The van der Waals surface area contributed by atoms with Crippen LogP contribution in [-0.4, -0.2) is 21.9 Å². The molecule has 0 aliphatic rings. The number of nitrogens with one attached hydrogen (secondary N) is 1. The summed E-state index contributed by atoms with van der Waals surface area (Å²) in [5, 5.41) is 23.5. The van der Waals surface area contributed by atoms with E-state index < -0.39 is 16.8 Å². The molecule has 7 nitrogen and oxygen atoms in total. The van der Waals surface area contributed by atoms with Crippen LogP contribution in [0.1, 0.15) is 25.6 Å². The molecule has 132 valence electrons. The number of nitro benzene ring substituents is 1. The molecule has 9 heteroatoms. The van der Waals surface area contributed by atoms with Crippen LogP contribution < -0.4 is 5.32 Å². The normalized spacial score (nSPS) is 10.7. The number of aromatic carboxylic acids is 1. The van der Waals surface area contributed by atoms with Gasteiger partial charge in [0.25, 0.3) is 11.6 Å². The zero-order valence-corrected chi connectivity index (χ0v) is 14.9. The maximum atomic E-state index is 12.6. The Balaban J connectivity index is 2.03. The highest BCUT2D eigenvalue weighted by Crippen LogP contribution is 2.40. The monoisotopic (exact) mass is 390 g/mol. The molecule has 0 saturated carbocycles. The van der Waals surface area contributed by atoms with Gasteiger partial charge in [-0.15, -0.1) is 11.3 Å². The van der Waals surface area contributed by atoms with Crippen LogP contribution in [0.15, 0.2) is 36.4 Å². The van der Waals surface area contributed by atoms with Gasteiger partial charge in [0.05, 0.1) is 15.5 Å². The van der Waals surface area contributed by atoms with E-state index in [0.29, 0.717) is 21.3 Å². The molecule has 0 unspecified atom stereocenters. The minimum Gasteiger partial charge on any atom is -0.478 e. The van der Waals surface area contributed by atoms with Crippen LogP contribution in [-0.2, 0) is 0 Å². The lowest BCUT2D eigenvalue weighted by atomic mass is 10.1. The molecule has 0 fully saturated rings. The molecule has 0 atom stereocenters. The van der Waals surface area contributed by atoms with Gasteiger partial charge in [0.2, 0.25) is 0 Å². The molecule has 2 aromatic carbocycles. The summed E-state index contributed by atoms with van der Waals surface area (Å²) in [5.41, 5.74) is 0.674. The average molecular weight is 391 g/mol. The van der Waals surface area contributed by atoms with Crippen molar-refractivity contribution in [3.8, 4) is 0 Å². The van der Waals surface area contributed by atoms with Crippen LogP contribution in [0.3, 0.4) is 0 Å². The predicted octanol–water partition coefficient (Wildman–Crippen LogP) is 4.72. The fourth-order valence-corrected chi connectivity index (χ4v) is 4.04. The highest BCUT2D eigenvalue weighted by molar-refractivity contribution is 7.22. The highest BCUT2D eigenvalue weighted by Gasteiger charge is 2.23. The molecule has 1 aromatic heterocycles. The first kappa shape index (κ1) is 17.8. The number of nitrogens with zero attached hydrogens (tertiary/aromatic N) is 1. The van der Waals surface area contributed by atoms with Gasteiger partial charge in [-0.05, 0) is 24.6 Å². The number of halogens is 1. The van der Waals surface area contributed by atoms with Crippen LogP contribution in [0, 0.1) is 17.0 Å². The summed E-state index contributed by atoms with van der Waals surface area (Å²) in [4.78, 5) is 34.6. The fraction of sp³-hybridized carbons (Fsp3) is 0.0588. The van der Waals surface area contributed by atoms with E-state index in [2.05, 4.69) is 5.32 Å². The van der Waals surface area contributed by atoms with Crippen LogP contribution in [0.4, 0.5) is 11.4 Å². The largest absolute Gasteiger partial charge is 0.478 e. The molecule has 2 N–H and O–H groups in total. The van der Waals surface area contributed by atoms with E-state index in [1.807, 2.05) is 0 Å². The van der Waals surface area contributed by atoms with E-state index >= 15 is 0 Å². The molecule has 0 aliphatic carbocycles. The molecule has 0 spiro atoms. The number of hydrogen-bond donors (Lipinski definition) is 2. The maximum absolute atomic E-state index is 12.6. The van der Waals surface area contributed by atoms with Crippen molar-refractivity contribution in [1.29, 1.82) is 0 Å². The number of benzene rings is 2. The quantitative estimate of drug-likeness (QED) is 0.494. The van der Waals surface area contributed by atoms with Crippen LogP contribution in [0.25, 0.3) is 10.1 Å². The van der Waals surface area contributed by atoms with Gasteiger partial charge in [-0.3, -0.25) is 14.9 Å². The number of carboxylic acid groups (broad SMARTS) is 1. The Morgan fingerprint density at radius 3 is 2.58 bits per heavy atom. The van der Waals surface area contributed by atoms with Gasteiger partial charge < -0.3 is 10.4 Å². The number of carbonyl (C=O) groups is 2. The Morgan fingerprint density at radius 2 is 1.92 bits per heavy atom. The van der Waals surface area contributed by atoms with Crippen molar-refractivity contribution in [2.45, 2.75) is 6.92 Å². The van der Waals surface area contributed by atoms with Gasteiger partial charge in [0.1, 0.15) is 9.58 Å². The van der Waals surface area contributed by atoms with Crippen LogP contribution >= 0.6 is 22.9 Å². The van der Waals surface area contributed by atoms with Crippen molar-refractivity contribution in [3.63, 3.8) is 0 Å². The van der Waals surface area contributed by atoms with Gasteiger partial charge in [0.15, 0.2) is 0 Å². The number of hydrogen-bond acceptors (Lipinski definition) is 5. The molecule has 26 heavy (non-hydrogen) atoms. The lowest BCUT2D eigenvalue weighted by molar-refractivity contribution is -0.382. The lowest BCUT2D eigenvalue weighted by Gasteiger charge is -2.09. The Bertz CT molecular complexity index is 1080. The van der Waals surface area contributed by atoms with Crippen molar-refractivity contribution in [1.82, 2.24) is 0 Å². The zero-order chi connectivity index (χ0) is 19.0. The third-order valence-electron chi connectivity index (χ3n) is 3.85. The lowest BCUT2D eigenvalue weighted by Crippen LogP contribution is -2.13. The van der Waals surface area contributed by atoms with Gasteiger partial charge in [-0.25, -0.2) is 4.79 Å². The second-order valence-electron chi connectivity index (χ2n) is 5.39. The van der Waals surface area contributed by atoms with Crippen molar-refractivity contribution < 1.29 is 19.6 Å². The molecule has 0 radical (unpaired) electrons. The molecule has 0 bridgehead atoms. The summed E-state index contributed by atoms with van der Waals surface area (Å²) in [6, 6.07) is 8.97. The van der Waals surface area contributed by atoms with Crippen LogP contribution in [0.5, 0.6) is 0 Å². The number of non-ortho nitro benzene ring substituents is 1. The summed E-state index contributed by atoms with van der Waals surface area (Å²) in [5.74, 6) is -1.66. The van der Waals surface area contributed by atoms with Crippen molar-refractivity contribution >= 4 is 56.3 Å². The maximum Gasteiger partial charge on any atom is 0.336 e. The number of thiophene rings is 1. The number of anilines is 1. The summed E-state index contributed by atoms with van der Waals surface area (Å²) >= 11 is 7.17. The first-order valence-corrected chi connectivity index (χ1v) is 8.50. The van der Waals surface area contributed by atoms with E-state index in [0.717, 1.165) is 11.3 Å². The van der Waals surface area contributed by atoms with Crippen molar-refractivity contribution in [2.24, 2.45) is 0 Å². The van der Waals surface area contributed by atoms with E-state index in [1.165, 1.54) is 24.3 Å². The summed E-state index contributed by atoms with van der Waals surface area (Å²) in [7, 11) is 0. The summed E-state index contributed by atoms with van der Waals surface area (Å²) in [6.07, 6.45) is 0. The molecular formula is C17H11ClN2O5S. The second kappa shape index (κ2) is 6.74. The average Bonchev–Trinajstić information content (AvgIpc) is 2.93. The SMILES string of the molecule is Cc1c(NC(=O)c2sc3c([N+](=O)[O-])cccc3c2Cl)cccc1C(=O)O. The Morgan fingerprint density at radius 1 is 1.23 bits per heavy atom. The van der Waals surface area contributed by atoms with Crippen molar-refractivity contribution in [2.75, 3.05) is 5.32 Å². The van der Waals surface area contributed by atoms with E-state index in [-0.39, 0.29) is 21.2 Å². The Hall–Kier alpha value is -2.97. The molecule has 0 saturated heterocycles. The number of nitro groups is 1. The smallest absolute Gasteiger partial charge is 0.336 e. The standard InChI is InChI=1S/C17H11ClN2O5S/c1-8-9(17(22)23)4-2-6-11(8)19-16(21)15-13(18)10-5-3-7-12(20(24)25)14(10)26-15/h2-7H,1H3,(H,19,21)(H,22,23). The third kappa shape index (κ3) is 3.00. The molecule has 1 amide bonds. The third-order valence-corrected chi connectivity index (χ3v) is 5.58. The van der Waals surface area contributed by atoms with Gasteiger partial charge >= 0.3 is 5.97 Å². The second-order valence-corrected chi connectivity index (χ2v) is 6.79. The number of amides is 1. The molecule has 1 heterocycles. The molecular weight excluding hydrogens is 380 g/mol. The zero-order valence-electron chi connectivity index (χ0n) is 13.3. The van der Waals surface area contributed by atoms with Gasteiger partial charge in [-0.2, -0.15) is 0 Å². The minimum atomic E-state index is -1.10. The highest BCUT2D eigenvalue weighted by atomic mass is 35.5. The first-order valence-electron chi connectivity index (χ1n) is 7.31. The predicted molar refractivity (Wildman–Crippen MR) is 99.6 cm³/mol. The molecule has 3 rings (SSSR count). The number of fused-ring (bicyclic) bond motifs is 1. The van der Waals surface area contributed by atoms with Crippen LogP contribution in [0.2, 0.25) is 5.02 Å². The van der Waals surface area contributed by atoms with Crippen molar-refractivity contribution in [3.05, 3.63) is 67.5 Å². The van der Waals surface area contributed by atoms with E-state index in [4.69, 9.17) is 16.7 Å². The topological polar surface area (TPSA) is 110 Å². The number of carbonyl (C=O) groups excluding carboxylic acids is 1.